The third kappa shape index (κ3) is 3.89. The normalized spacial score (nSPS) is 20.8. The second-order valence-corrected chi connectivity index (χ2v) is 7.41. The minimum atomic E-state index is -0.260. The van der Waals surface area contributed by atoms with Crippen molar-refractivity contribution < 1.29 is 14.4 Å². The van der Waals surface area contributed by atoms with Crippen LogP contribution in [-0.2, 0) is 14.4 Å². The van der Waals surface area contributed by atoms with Gasteiger partial charge in [-0.25, -0.2) is 0 Å². The number of carbonyl (C=O) groups is 3. The molecule has 1 aliphatic carbocycles. The maximum absolute atomic E-state index is 13.0. The Labute approximate surface area is 154 Å². The fraction of sp³-hybridized carbons (Fsp3) is 0.550. The van der Waals surface area contributed by atoms with Crippen molar-refractivity contribution in [3.63, 3.8) is 0 Å². The minimum Gasteiger partial charge on any atom is -0.336 e. The molecule has 3 rings (SSSR count). The number of carbonyl (C=O) groups excluding carboxylic acids is 3. The molecule has 0 bridgehead atoms. The van der Waals surface area contributed by atoms with Crippen LogP contribution in [0, 0.1) is 5.92 Å². The summed E-state index contributed by atoms with van der Waals surface area (Å²) >= 11 is 0. The summed E-state index contributed by atoms with van der Waals surface area (Å²) < 4.78 is 0. The van der Waals surface area contributed by atoms with Crippen LogP contribution in [0.5, 0.6) is 0 Å². The minimum absolute atomic E-state index is 0.0300. The molecule has 1 N–H and O–H groups in total. The van der Waals surface area contributed by atoms with Crippen molar-refractivity contribution in [3.05, 3.63) is 24.3 Å². The third-order valence-electron chi connectivity index (χ3n) is 5.33. The lowest BCUT2D eigenvalue weighted by molar-refractivity contribution is -0.138. The van der Waals surface area contributed by atoms with E-state index in [1.807, 2.05) is 25.1 Å². The highest BCUT2D eigenvalue weighted by Crippen LogP contribution is 2.31. The Kier molecular flexibility index (Phi) is 5.59. The van der Waals surface area contributed by atoms with Crippen molar-refractivity contribution in [1.29, 1.82) is 0 Å². The van der Waals surface area contributed by atoms with Crippen LogP contribution in [0.2, 0.25) is 0 Å². The van der Waals surface area contributed by atoms with Crippen LogP contribution in [0.3, 0.4) is 0 Å². The van der Waals surface area contributed by atoms with E-state index in [2.05, 4.69) is 5.32 Å². The lowest BCUT2D eigenvalue weighted by Gasteiger charge is -2.31. The number of para-hydroxylation sites is 2. The van der Waals surface area contributed by atoms with Crippen LogP contribution in [0.1, 0.15) is 45.4 Å². The SMILES string of the molecule is C[C@@H]1CC(=O)Nc2ccccc2N1C(=O)CN(C)C(=O)C1CCCCC1. The molecule has 1 heterocycles. The summed E-state index contributed by atoms with van der Waals surface area (Å²) in [5, 5.41) is 2.85. The average molecular weight is 357 g/mol. The summed E-state index contributed by atoms with van der Waals surface area (Å²) in [6.07, 6.45) is 5.43. The summed E-state index contributed by atoms with van der Waals surface area (Å²) in [6, 6.07) is 7.04. The molecule has 1 fully saturated rings. The Balaban J connectivity index is 1.75. The molecule has 0 radical (unpaired) electrons. The standard InChI is InChI=1S/C20H27N3O3/c1-14-12-18(24)21-16-10-6-7-11-17(16)23(14)19(25)13-22(2)20(26)15-8-4-3-5-9-15/h6-7,10-11,14-15H,3-5,8-9,12-13H2,1-2H3,(H,21,24)/t14-/m1/s1. The fourth-order valence-electron chi connectivity index (χ4n) is 3.99. The summed E-state index contributed by atoms with van der Waals surface area (Å²) in [5.41, 5.74) is 1.32. The predicted molar refractivity (Wildman–Crippen MR) is 101 cm³/mol. The van der Waals surface area contributed by atoms with Crippen molar-refractivity contribution in [2.45, 2.75) is 51.5 Å². The topological polar surface area (TPSA) is 69.7 Å². The number of nitrogens with zero attached hydrogens (tertiary/aromatic N) is 2. The van der Waals surface area contributed by atoms with Crippen molar-refractivity contribution in [1.82, 2.24) is 4.90 Å². The lowest BCUT2D eigenvalue weighted by Crippen LogP contribution is -2.46. The molecule has 140 valence electrons. The smallest absolute Gasteiger partial charge is 0.246 e. The summed E-state index contributed by atoms with van der Waals surface area (Å²) in [7, 11) is 1.70. The van der Waals surface area contributed by atoms with Gasteiger partial charge in [-0.3, -0.25) is 14.4 Å². The molecule has 0 spiro atoms. The van der Waals surface area contributed by atoms with Crippen LogP contribution >= 0.6 is 0 Å². The van der Waals surface area contributed by atoms with Crippen molar-refractivity contribution in [3.8, 4) is 0 Å². The third-order valence-corrected chi connectivity index (χ3v) is 5.33. The maximum atomic E-state index is 13.0. The second-order valence-electron chi connectivity index (χ2n) is 7.41. The molecule has 1 saturated carbocycles. The van der Waals surface area contributed by atoms with Gasteiger partial charge >= 0.3 is 0 Å². The zero-order chi connectivity index (χ0) is 18.7. The molecule has 1 aromatic rings. The predicted octanol–water partition coefficient (Wildman–Crippen LogP) is 2.79. The first-order valence-corrected chi connectivity index (χ1v) is 9.43. The largest absolute Gasteiger partial charge is 0.336 e. The van der Waals surface area contributed by atoms with Gasteiger partial charge in [0.2, 0.25) is 17.7 Å². The van der Waals surface area contributed by atoms with E-state index < -0.39 is 0 Å². The molecule has 0 saturated heterocycles. The van der Waals surface area contributed by atoms with Crippen LogP contribution in [-0.4, -0.2) is 42.3 Å². The molecular weight excluding hydrogens is 330 g/mol. The monoisotopic (exact) mass is 357 g/mol. The fourth-order valence-corrected chi connectivity index (χ4v) is 3.99. The number of amides is 3. The highest BCUT2D eigenvalue weighted by Gasteiger charge is 2.32. The molecule has 1 aliphatic heterocycles. The molecule has 6 heteroatoms. The Morgan fingerprint density at radius 1 is 1.19 bits per heavy atom. The van der Waals surface area contributed by atoms with E-state index in [9.17, 15) is 14.4 Å². The number of benzene rings is 1. The first-order chi connectivity index (χ1) is 12.5. The van der Waals surface area contributed by atoms with Gasteiger partial charge in [-0.1, -0.05) is 31.4 Å². The molecule has 0 aromatic heterocycles. The van der Waals surface area contributed by atoms with E-state index in [-0.39, 0.29) is 42.6 Å². The second kappa shape index (κ2) is 7.89. The zero-order valence-corrected chi connectivity index (χ0v) is 15.5. The molecular formula is C20H27N3O3. The quantitative estimate of drug-likeness (QED) is 0.904. The van der Waals surface area contributed by atoms with Gasteiger partial charge in [-0.05, 0) is 31.9 Å². The summed E-state index contributed by atoms with van der Waals surface area (Å²) in [6.45, 7) is 1.89. The number of anilines is 2. The number of fused-ring (bicyclic) bond motifs is 1. The number of nitrogens with one attached hydrogen (secondary N) is 1. The van der Waals surface area contributed by atoms with E-state index in [1.165, 1.54) is 6.42 Å². The molecule has 26 heavy (non-hydrogen) atoms. The van der Waals surface area contributed by atoms with E-state index in [1.54, 1.807) is 22.9 Å². The average Bonchev–Trinajstić information content (AvgIpc) is 2.75. The van der Waals surface area contributed by atoms with Crippen LogP contribution in [0.15, 0.2) is 24.3 Å². The summed E-state index contributed by atoms with van der Waals surface area (Å²) in [5.74, 6) is -0.165. The number of hydrogen-bond acceptors (Lipinski definition) is 3. The van der Waals surface area contributed by atoms with Crippen LogP contribution in [0.25, 0.3) is 0 Å². The van der Waals surface area contributed by atoms with Crippen molar-refractivity contribution in [2.75, 3.05) is 23.8 Å². The first kappa shape index (κ1) is 18.4. The number of rotatable bonds is 3. The lowest BCUT2D eigenvalue weighted by atomic mass is 9.88. The Bertz CT molecular complexity index is 697. The Morgan fingerprint density at radius 2 is 1.88 bits per heavy atom. The molecule has 1 atom stereocenters. The zero-order valence-electron chi connectivity index (χ0n) is 15.5. The van der Waals surface area contributed by atoms with Crippen LogP contribution < -0.4 is 10.2 Å². The van der Waals surface area contributed by atoms with Gasteiger partial charge < -0.3 is 15.1 Å². The van der Waals surface area contributed by atoms with Crippen molar-refractivity contribution >= 4 is 29.1 Å². The Morgan fingerprint density at radius 3 is 2.62 bits per heavy atom. The van der Waals surface area contributed by atoms with E-state index in [0.717, 1.165) is 25.7 Å². The Hall–Kier alpha value is -2.37. The first-order valence-electron chi connectivity index (χ1n) is 9.43. The van der Waals surface area contributed by atoms with Gasteiger partial charge in [0.05, 0.1) is 17.9 Å². The van der Waals surface area contributed by atoms with Gasteiger partial charge in [0, 0.05) is 25.4 Å². The van der Waals surface area contributed by atoms with Gasteiger partial charge in [0.25, 0.3) is 0 Å². The number of hydrogen-bond donors (Lipinski definition) is 1. The van der Waals surface area contributed by atoms with Gasteiger partial charge in [-0.15, -0.1) is 0 Å². The maximum Gasteiger partial charge on any atom is 0.246 e. The van der Waals surface area contributed by atoms with E-state index in [0.29, 0.717) is 11.4 Å². The highest BCUT2D eigenvalue weighted by atomic mass is 16.2. The van der Waals surface area contributed by atoms with Gasteiger partial charge in [0.1, 0.15) is 0 Å². The van der Waals surface area contributed by atoms with Gasteiger partial charge in [-0.2, -0.15) is 0 Å². The molecule has 6 nitrogen and oxygen atoms in total. The molecule has 3 amide bonds. The van der Waals surface area contributed by atoms with Crippen LogP contribution in [0.4, 0.5) is 11.4 Å². The van der Waals surface area contributed by atoms with Gasteiger partial charge in [0.15, 0.2) is 0 Å². The highest BCUT2D eigenvalue weighted by molar-refractivity contribution is 6.05. The van der Waals surface area contributed by atoms with E-state index >= 15 is 0 Å². The number of likely N-dealkylation sites (N-methyl/N-ethyl adjacent to an activating group) is 1. The molecule has 2 aliphatic rings. The molecule has 1 aromatic carbocycles. The molecule has 0 unspecified atom stereocenters. The summed E-state index contributed by atoms with van der Waals surface area (Å²) in [4.78, 5) is 40.9. The van der Waals surface area contributed by atoms with Crippen molar-refractivity contribution in [2.24, 2.45) is 5.92 Å². The van der Waals surface area contributed by atoms with E-state index in [4.69, 9.17) is 0 Å².